The van der Waals surface area contributed by atoms with Crippen LogP contribution in [0.3, 0.4) is 0 Å². The lowest BCUT2D eigenvalue weighted by Crippen LogP contribution is -2.31. The number of nitrogens with zero attached hydrogens (tertiary/aromatic N) is 3. The van der Waals surface area contributed by atoms with E-state index in [4.69, 9.17) is 4.74 Å². The molecular formula is C19H18N4O7. The van der Waals surface area contributed by atoms with Gasteiger partial charge in [0.05, 0.1) is 28.0 Å². The minimum absolute atomic E-state index is 0.115. The van der Waals surface area contributed by atoms with Gasteiger partial charge in [0.15, 0.2) is 0 Å². The molecule has 1 aliphatic rings. The second-order valence-electron chi connectivity index (χ2n) is 6.74. The van der Waals surface area contributed by atoms with Gasteiger partial charge in [0.1, 0.15) is 11.9 Å². The van der Waals surface area contributed by atoms with Crippen LogP contribution in [0.2, 0.25) is 0 Å². The minimum atomic E-state index is -0.774. The third-order valence-electron chi connectivity index (χ3n) is 4.48. The molecule has 0 spiro atoms. The lowest BCUT2D eigenvalue weighted by atomic mass is 10.1. The van der Waals surface area contributed by atoms with Gasteiger partial charge in [-0.2, -0.15) is 0 Å². The molecule has 0 unspecified atom stereocenters. The van der Waals surface area contributed by atoms with Crippen LogP contribution in [0.1, 0.15) is 23.7 Å². The maximum Gasteiger partial charge on any atom is 0.277 e. The molecule has 30 heavy (non-hydrogen) atoms. The highest BCUT2D eigenvalue weighted by Gasteiger charge is 2.30. The summed E-state index contributed by atoms with van der Waals surface area (Å²) in [6.07, 6.45) is 0.241. The number of benzene rings is 2. The van der Waals surface area contributed by atoms with Crippen LogP contribution in [0.4, 0.5) is 17.1 Å². The largest absolute Gasteiger partial charge is 0.489 e. The maximum absolute atomic E-state index is 12.7. The lowest BCUT2D eigenvalue weighted by Gasteiger charge is -2.17. The fraction of sp³-hybridized carbons (Fsp3) is 0.263. The van der Waals surface area contributed by atoms with Gasteiger partial charge in [-0.1, -0.05) is 0 Å². The fourth-order valence-corrected chi connectivity index (χ4v) is 3.13. The quantitative estimate of drug-likeness (QED) is 0.565. The highest BCUT2D eigenvalue weighted by Crippen LogP contribution is 2.26. The van der Waals surface area contributed by atoms with Crippen molar-refractivity contribution in [1.82, 2.24) is 4.90 Å². The standard InChI is InChI=1S/C19H18N4O7/c1-12(24)20-14-2-4-17(5-3-14)30-18-6-7-21(11-18)19(25)13-8-15(22(26)27)10-16(9-13)23(28)29/h2-5,8-10,18H,6-7,11H2,1H3,(H,20,24)/t18-/m1/s1. The van der Waals surface area contributed by atoms with Crippen molar-refractivity contribution in [3.8, 4) is 5.75 Å². The molecule has 1 N–H and O–H groups in total. The van der Waals surface area contributed by atoms with E-state index in [-0.39, 0.29) is 24.1 Å². The summed E-state index contributed by atoms with van der Waals surface area (Å²) >= 11 is 0. The Balaban J connectivity index is 1.67. The first-order valence-electron chi connectivity index (χ1n) is 9.00. The Morgan fingerprint density at radius 3 is 2.20 bits per heavy atom. The SMILES string of the molecule is CC(=O)Nc1ccc(O[C@@H]2CCN(C(=O)c3cc([N+](=O)[O-])cc([N+](=O)[O-])c3)C2)cc1. The van der Waals surface area contributed by atoms with Crippen LogP contribution in [-0.2, 0) is 4.79 Å². The van der Waals surface area contributed by atoms with E-state index in [0.717, 1.165) is 18.2 Å². The molecule has 0 aromatic heterocycles. The summed E-state index contributed by atoms with van der Waals surface area (Å²) in [4.78, 5) is 45.7. The number of carbonyl (C=O) groups excluding carboxylic acids is 2. The molecule has 1 aliphatic heterocycles. The molecule has 1 atom stereocenters. The van der Waals surface area contributed by atoms with E-state index >= 15 is 0 Å². The predicted molar refractivity (Wildman–Crippen MR) is 105 cm³/mol. The molecular weight excluding hydrogens is 396 g/mol. The van der Waals surface area contributed by atoms with Gasteiger partial charge in [-0.3, -0.25) is 29.8 Å². The summed E-state index contributed by atoms with van der Waals surface area (Å²) < 4.78 is 5.85. The second-order valence-corrected chi connectivity index (χ2v) is 6.74. The predicted octanol–water partition coefficient (Wildman–Crippen LogP) is 2.75. The van der Waals surface area contributed by atoms with Crippen LogP contribution in [0.25, 0.3) is 0 Å². The molecule has 3 rings (SSSR count). The summed E-state index contributed by atoms with van der Waals surface area (Å²) in [5.74, 6) is -0.154. The number of rotatable bonds is 6. The van der Waals surface area contributed by atoms with Gasteiger partial charge in [-0.25, -0.2) is 0 Å². The molecule has 2 aromatic rings. The van der Waals surface area contributed by atoms with Gasteiger partial charge in [-0.15, -0.1) is 0 Å². The molecule has 1 fully saturated rings. The summed E-state index contributed by atoms with van der Waals surface area (Å²) in [5.41, 5.74) is -0.515. The molecule has 11 nitrogen and oxygen atoms in total. The van der Waals surface area contributed by atoms with Crippen molar-refractivity contribution in [3.63, 3.8) is 0 Å². The van der Waals surface area contributed by atoms with Crippen LogP contribution in [-0.4, -0.2) is 45.8 Å². The van der Waals surface area contributed by atoms with Gasteiger partial charge >= 0.3 is 0 Å². The Bertz CT molecular complexity index is 974. The number of non-ortho nitro benzene ring substituents is 2. The number of likely N-dealkylation sites (tertiary alicyclic amines) is 1. The van der Waals surface area contributed by atoms with Crippen molar-refractivity contribution in [2.75, 3.05) is 18.4 Å². The van der Waals surface area contributed by atoms with Gasteiger partial charge < -0.3 is 15.0 Å². The molecule has 0 saturated carbocycles. The maximum atomic E-state index is 12.7. The first-order chi connectivity index (χ1) is 14.2. The van der Waals surface area contributed by atoms with Crippen molar-refractivity contribution in [2.24, 2.45) is 0 Å². The molecule has 156 valence electrons. The number of nitrogens with one attached hydrogen (secondary N) is 1. The van der Waals surface area contributed by atoms with E-state index in [9.17, 15) is 29.8 Å². The van der Waals surface area contributed by atoms with E-state index in [1.807, 2.05) is 0 Å². The second kappa shape index (κ2) is 8.55. The van der Waals surface area contributed by atoms with Crippen LogP contribution < -0.4 is 10.1 Å². The average molecular weight is 414 g/mol. The Hall–Kier alpha value is -4.02. The highest BCUT2D eigenvalue weighted by molar-refractivity contribution is 5.95. The average Bonchev–Trinajstić information content (AvgIpc) is 3.16. The molecule has 11 heteroatoms. The summed E-state index contributed by atoms with van der Waals surface area (Å²) in [5, 5.41) is 24.7. The summed E-state index contributed by atoms with van der Waals surface area (Å²) in [7, 11) is 0. The van der Waals surface area contributed by atoms with Crippen LogP contribution in [0, 0.1) is 20.2 Å². The smallest absolute Gasteiger partial charge is 0.277 e. The number of anilines is 1. The zero-order valence-electron chi connectivity index (χ0n) is 15.9. The number of nitro benzene ring substituents is 2. The summed E-state index contributed by atoms with van der Waals surface area (Å²) in [6, 6.07) is 9.65. The highest BCUT2D eigenvalue weighted by atomic mass is 16.6. The first kappa shape index (κ1) is 20.7. The van der Waals surface area contributed by atoms with Crippen molar-refractivity contribution < 1.29 is 24.2 Å². The topological polar surface area (TPSA) is 145 Å². The van der Waals surface area contributed by atoms with E-state index < -0.39 is 27.1 Å². The molecule has 0 radical (unpaired) electrons. The molecule has 2 amide bonds. The number of hydrogen-bond acceptors (Lipinski definition) is 7. The number of carbonyl (C=O) groups is 2. The van der Waals surface area contributed by atoms with Crippen molar-refractivity contribution in [2.45, 2.75) is 19.4 Å². The zero-order chi connectivity index (χ0) is 21.8. The van der Waals surface area contributed by atoms with Gasteiger partial charge in [0.2, 0.25) is 5.91 Å². The number of hydrogen-bond donors (Lipinski definition) is 1. The Kier molecular flexibility index (Phi) is 5.90. The molecule has 2 aromatic carbocycles. The van der Waals surface area contributed by atoms with E-state index in [0.29, 0.717) is 24.4 Å². The molecule has 0 bridgehead atoms. The minimum Gasteiger partial charge on any atom is -0.489 e. The van der Waals surface area contributed by atoms with Crippen molar-refractivity contribution >= 4 is 28.9 Å². The first-order valence-corrected chi connectivity index (χ1v) is 9.00. The molecule has 0 aliphatic carbocycles. The Morgan fingerprint density at radius 2 is 1.67 bits per heavy atom. The summed E-state index contributed by atoms with van der Waals surface area (Å²) in [6.45, 7) is 2.00. The molecule has 1 heterocycles. The van der Waals surface area contributed by atoms with Crippen molar-refractivity contribution in [1.29, 1.82) is 0 Å². The van der Waals surface area contributed by atoms with E-state index in [1.165, 1.54) is 11.8 Å². The molecule has 1 saturated heterocycles. The van der Waals surface area contributed by atoms with E-state index in [2.05, 4.69) is 5.32 Å². The number of ether oxygens (including phenoxy) is 1. The van der Waals surface area contributed by atoms with Gasteiger partial charge in [-0.05, 0) is 24.3 Å². The van der Waals surface area contributed by atoms with Crippen molar-refractivity contribution in [3.05, 3.63) is 68.3 Å². The zero-order valence-corrected chi connectivity index (χ0v) is 15.9. The Morgan fingerprint density at radius 1 is 1.07 bits per heavy atom. The van der Waals surface area contributed by atoms with Crippen LogP contribution >= 0.6 is 0 Å². The van der Waals surface area contributed by atoms with E-state index in [1.54, 1.807) is 24.3 Å². The third kappa shape index (κ3) is 4.87. The van der Waals surface area contributed by atoms with Crippen LogP contribution in [0.5, 0.6) is 5.75 Å². The lowest BCUT2D eigenvalue weighted by molar-refractivity contribution is -0.394. The third-order valence-corrected chi connectivity index (χ3v) is 4.48. The van der Waals surface area contributed by atoms with Gasteiger partial charge in [0, 0.05) is 37.7 Å². The fourth-order valence-electron chi connectivity index (χ4n) is 3.13. The van der Waals surface area contributed by atoms with Gasteiger partial charge in [0.25, 0.3) is 17.3 Å². The Labute approximate surface area is 170 Å². The number of amides is 2. The van der Waals surface area contributed by atoms with Crippen LogP contribution in [0.15, 0.2) is 42.5 Å². The normalized spacial score (nSPS) is 15.5. The monoisotopic (exact) mass is 414 g/mol. The number of nitro groups is 2.